The molecule has 6 aromatic carbocycles. The van der Waals surface area contributed by atoms with Gasteiger partial charge in [0, 0.05) is 44.9 Å². The molecule has 0 radical (unpaired) electrons. The molecule has 3 heteroatoms. The summed E-state index contributed by atoms with van der Waals surface area (Å²) < 4.78 is 2.42. The summed E-state index contributed by atoms with van der Waals surface area (Å²) >= 11 is 0. The van der Waals surface area contributed by atoms with Gasteiger partial charge < -0.3 is 4.57 Å². The zero-order chi connectivity index (χ0) is 30.6. The number of hydrogen-bond acceptors (Lipinski definition) is 2. The van der Waals surface area contributed by atoms with Crippen molar-refractivity contribution in [2.75, 3.05) is 0 Å². The smallest absolute Gasteiger partial charge is 0.0720 e. The van der Waals surface area contributed by atoms with E-state index in [0.717, 1.165) is 39.4 Å². The summed E-state index contributed by atoms with van der Waals surface area (Å²) in [5.41, 5.74) is 11.0. The van der Waals surface area contributed by atoms with Crippen molar-refractivity contribution in [1.29, 1.82) is 0 Å². The van der Waals surface area contributed by atoms with Crippen LogP contribution in [0.25, 0.3) is 82.7 Å². The molecule has 0 spiro atoms. The molecule has 0 aliphatic rings. The van der Waals surface area contributed by atoms with Crippen LogP contribution in [0.1, 0.15) is 5.69 Å². The van der Waals surface area contributed by atoms with Crippen molar-refractivity contribution in [2.45, 2.75) is 6.92 Å². The average Bonchev–Trinajstić information content (AvgIpc) is 3.45. The molecule has 9 aromatic rings. The third-order valence-electron chi connectivity index (χ3n) is 9.10. The number of hydrogen-bond donors (Lipinski definition) is 0. The van der Waals surface area contributed by atoms with Crippen molar-refractivity contribution in [3.05, 3.63) is 164 Å². The van der Waals surface area contributed by atoms with E-state index in [1.165, 1.54) is 49.0 Å². The van der Waals surface area contributed by atoms with Gasteiger partial charge in [-0.15, -0.1) is 0 Å². The predicted molar refractivity (Wildman–Crippen MR) is 192 cm³/mol. The second kappa shape index (κ2) is 10.5. The molecule has 0 unspecified atom stereocenters. The largest absolute Gasteiger partial charge is 0.309 e. The molecule has 0 amide bonds. The van der Waals surface area contributed by atoms with Gasteiger partial charge in [-0.2, -0.15) is 0 Å². The number of aromatic nitrogens is 3. The summed E-state index contributed by atoms with van der Waals surface area (Å²) in [6.45, 7) is 2.01. The van der Waals surface area contributed by atoms with E-state index < -0.39 is 0 Å². The number of pyridine rings is 2. The summed E-state index contributed by atoms with van der Waals surface area (Å²) in [4.78, 5) is 9.55. The number of fused-ring (bicyclic) bond motifs is 6. The lowest BCUT2D eigenvalue weighted by Gasteiger charge is -2.12. The van der Waals surface area contributed by atoms with Crippen molar-refractivity contribution < 1.29 is 0 Å². The monoisotopic (exact) mass is 587 g/mol. The fourth-order valence-electron chi connectivity index (χ4n) is 6.91. The molecular weight excluding hydrogens is 558 g/mol. The normalized spacial score (nSPS) is 11.6. The van der Waals surface area contributed by atoms with Gasteiger partial charge in [0.1, 0.15) is 0 Å². The van der Waals surface area contributed by atoms with Gasteiger partial charge in [-0.3, -0.25) is 9.97 Å². The number of nitrogens with zero attached hydrogens (tertiary/aromatic N) is 3. The minimum absolute atomic E-state index is 0.938. The second-order valence-electron chi connectivity index (χ2n) is 11.9. The minimum Gasteiger partial charge on any atom is -0.309 e. The number of rotatable bonds is 4. The SMILES string of the molecule is Cc1cccc(-c2ccc(-c3ccc4c5ccc6cc(-c7cccc8ccccc78)ccc6c5n(-c5ccccc5)c4c3)nc2)n1. The van der Waals surface area contributed by atoms with E-state index in [4.69, 9.17) is 4.98 Å². The van der Waals surface area contributed by atoms with Gasteiger partial charge in [-0.25, -0.2) is 0 Å². The van der Waals surface area contributed by atoms with Crippen molar-refractivity contribution in [1.82, 2.24) is 14.5 Å². The molecule has 3 aromatic heterocycles. The number of para-hydroxylation sites is 1. The van der Waals surface area contributed by atoms with E-state index in [-0.39, 0.29) is 0 Å². The van der Waals surface area contributed by atoms with Crippen molar-refractivity contribution in [3.63, 3.8) is 0 Å². The quantitative estimate of drug-likeness (QED) is 0.205. The highest BCUT2D eigenvalue weighted by Crippen LogP contribution is 2.40. The topological polar surface area (TPSA) is 30.7 Å². The van der Waals surface area contributed by atoms with E-state index >= 15 is 0 Å². The van der Waals surface area contributed by atoms with Crippen LogP contribution in [-0.2, 0) is 0 Å². The zero-order valence-corrected chi connectivity index (χ0v) is 25.4. The highest BCUT2D eigenvalue weighted by molar-refractivity contribution is 6.19. The third kappa shape index (κ3) is 4.28. The highest BCUT2D eigenvalue weighted by Gasteiger charge is 2.17. The predicted octanol–water partition coefficient (Wildman–Crippen LogP) is 11.2. The molecule has 216 valence electrons. The first kappa shape index (κ1) is 26.4. The van der Waals surface area contributed by atoms with Gasteiger partial charge in [0.25, 0.3) is 0 Å². The Kier molecular flexibility index (Phi) is 6.04. The molecule has 0 atom stereocenters. The maximum Gasteiger partial charge on any atom is 0.0720 e. The highest BCUT2D eigenvalue weighted by atomic mass is 15.0. The van der Waals surface area contributed by atoms with Crippen LogP contribution in [0.15, 0.2) is 158 Å². The summed E-state index contributed by atoms with van der Waals surface area (Å²) in [5.74, 6) is 0. The Labute approximate surface area is 267 Å². The lowest BCUT2D eigenvalue weighted by atomic mass is 9.95. The van der Waals surface area contributed by atoms with Gasteiger partial charge in [0.15, 0.2) is 0 Å². The molecule has 46 heavy (non-hydrogen) atoms. The fraction of sp³-hybridized carbons (Fsp3) is 0.0233. The van der Waals surface area contributed by atoms with Crippen molar-refractivity contribution in [3.8, 4) is 39.3 Å². The fourth-order valence-corrected chi connectivity index (χ4v) is 6.91. The van der Waals surface area contributed by atoms with Crippen molar-refractivity contribution >= 4 is 43.4 Å². The molecule has 0 aliphatic carbocycles. The van der Waals surface area contributed by atoms with Gasteiger partial charge in [-0.1, -0.05) is 103 Å². The number of benzene rings is 6. The van der Waals surface area contributed by atoms with Crippen LogP contribution in [0.3, 0.4) is 0 Å². The van der Waals surface area contributed by atoms with Crippen LogP contribution < -0.4 is 0 Å². The van der Waals surface area contributed by atoms with Crippen LogP contribution in [0.5, 0.6) is 0 Å². The molecule has 0 N–H and O–H groups in total. The Morgan fingerprint density at radius 1 is 0.478 bits per heavy atom. The summed E-state index contributed by atoms with van der Waals surface area (Å²) in [6, 6.07) is 54.3. The van der Waals surface area contributed by atoms with Gasteiger partial charge in [-0.05, 0) is 82.7 Å². The van der Waals surface area contributed by atoms with Crippen LogP contribution >= 0.6 is 0 Å². The molecule has 0 aliphatic heterocycles. The van der Waals surface area contributed by atoms with Crippen LogP contribution in [0.4, 0.5) is 0 Å². The Morgan fingerprint density at radius 3 is 2.11 bits per heavy atom. The van der Waals surface area contributed by atoms with Gasteiger partial charge in [0.05, 0.1) is 22.4 Å². The second-order valence-corrected chi connectivity index (χ2v) is 11.9. The van der Waals surface area contributed by atoms with Crippen molar-refractivity contribution in [2.24, 2.45) is 0 Å². The summed E-state index contributed by atoms with van der Waals surface area (Å²) in [6.07, 6.45) is 1.93. The summed E-state index contributed by atoms with van der Waals surface area (Å²) in [7, 11) is 0. The van der Waals surface area contributed by atoms with E-state index in [2.05, 4.69) is 143 Å². The van der Waals surface area contributed by atoms with Crippen LogP contribution in [-0.4, -0.2) is 14.5 Å². The number of aryl methyl sites for hydroxylation is 1. The van der Waals surface area contributed by atoms with E-state index in [9.17, 15) is 0 Å². The van der Waals surface area contributed by atoms with Gasteiger partial charge >= 0.3 is 0 Å². The molecule has 0 fully saturated rings. The third-order valence-corrected chi connectivity index (χ3v) is 9.10. The first-order chi connectivity index (χ1) is 22.7. The first-order valence-electron chi connectivity index (χ1n) is 15.7. The molecule has 0 saturated carbocycles. The maximum atomic E-state index is 4.88. The lowest BCUT2D eigenvalue weighted by Crippen LogP contribution is -1.95. The molecule has 0 saturated heterocycles. The maximum absolute atomic E-state index is 4.88. The summed E-state index contributed by atoms with van der Waals surface area (Å²) in [5, 5.41) is 7.45. The Balaban J connectivity index is 1.23. The van der Waals surface area contributed by atoms with E-state index in [0.29, 0.717) is 0 Å². The van der Waals surface area contributed by atoms with E-state index in [1.807, 2.05) is 31.3 Å². The Morgan fingerprint density at radius 2 is 1.24 bits per heavy atom. The Bertz CT molecular complexity index is 2570. The van der Waals surface area contributed by atoms with Gasteiger partial charge in [0.2, 0.25) is 0 Å². The minimum atomic E-state index is 0.938. The zero-order valence-electron chi connectivity index (χ0n) is 25.4. The van der Waals surface area contributed by atoms with Crippen LogP contribution in [0.2, 0.25) is 0 Å². The first-order valence-corrected chi connectivity index (χ1v) is 15.7. The lowest BCUT2D eigenvalue weighted by molar-refractivity contribution is 1.18. The molecule has 3 heterocycles. The molecule has 9 rings (SSSR count). The standard InChI is InChI=1S/C43H29N3/c1-28-9-7-16-41(45-28)33-20-24-40(44-27-33)32-19-22-38-39-23-18-31-25-30(36-15-8-11-29-10-5-6-14-35(29)36)17-21-37(31)43(39)46(42(38)26-32)34-12-3-2-4-13-34/h2-27H,1H3. The molecule has 0 bridgehead atoms. The molecular formula is C43H29N3. The van der Waals surface area contributed by atoms with E-state index in [1.54, 1.807) is 0 Å². The Hall–Kier alpha value is -6.06. The molecule has 3 nitrogen and oxygen atoms in total. The average molecular weight is 588 g/mol. The van der Waals surface area contributed by atoms with Crippen LogP contribution in [0, 0.1) is 6.92 Å².